The number of carbonyl (C=O) groups excluding carboxylic acids is 2. The highest BCUT2D eigenvalue weighted by Crippen LogP contribution is 2.22. The van der Waals surface area contributed by atoms with Gasteiger partial charge in [0.05, 0.1) is 19.1 Å². The maximum atomic E-state index is 12.4. The van der Waals surface area contributed by atoms with Crippen molar-refractivity contribution in [1.82, 2.24) is 0 Å². The van der Waals surface area contributed by atoms with E-state index in [-0.39, 0.29) is 22.5 Å². The first-order valence-electron chi connectivity index (χ1n) is 8.08. The van der Waals surface area contributed by atoms with Crippen molar-refractivity contribution < 1.29 is 14.3 Å². The molecule has 0 spiro atoms. The molecule has 0 saturated heterocycles. The van der Waals surface area contributed by atoms with Crippen molar-refractivity contribution in [2.45, 2.75) is 6.42 Å². The van der Waals surface area contributed by atoms with E-state index in [1.807, 2.05) is 0 Å². The Morgan fingerprint density at radius 1 is 1.11 bits per heavy atom. The van der Waals surface area contributed by atoms with Crippen molar-refractivity contribution in [2.24, 2.45) is 0 Å². The summed E-state index contributed by atoms with van der Waals surface area (Å²) in [5.74, 6) is -0.150. The van der Waals surface area contributed by atoms with Gasteiger partial charge in [-0.05, 0) is 53.4 Å². The van der Waals surface area contributed by atoms with E-state index in [2.05, 4.69) is 0 Å². The zero-order chi connectivity index (χ0) is 19.4. The van der Waals surface area contributed by atoms with Crippen LogP contribution in [0.3, 0.4) is 0 Å². The molecule has 6 heteroatoms. The number of methoxy groups -OCH3 is 1. The van der Waals surface area contributed by atoms with Crippen LogP contribution in [0.4, 0.5) is 0 Å². The predicted octanol–water partition coefficient (Wildman–Crippen LogP) is 4.78. The van der Waals surface area contributed by atoms with E-state index in [1.54, 1.807) is 55.7 Å². The Bertz CT molecular complexity index is 1100. The molecule has 0 aliphatic carbocycles. The Kier molecular flexibility index (Phi) is 5.84. The fraction of sp³-hybridized carbons (Fsp3) is 0.0952. The molecule has 1 heterocycles. The van der Waals surface area contributed by atoms with Crippen LogP contribution in [0.5, 0.6) is 5.75 Å². The molecule has 3 rings (SSSR count). The second-order valence-electron chi connectivity index (χ2n) is 5.80. The van der Waals surface area contributed by atoms with Gasteiger partial charge in [0.25, 0.3) is 0 Å². The van der Waals surface area contributed by atoms with E-state index in [4.69, 9.17) is 16.3 Å². The van der Waals surface area contributed by atoms with Gasteiger partial charge in [-0.1, -0.05) is 41.1 Å². The molecule has 0 unspecified atom stereocenters. The molecule has 2 aromatic carbocycles. The van der Waals surface area contributed by atoms with Crippen LogP contribution in [0.2, 0.25) is 5.02 Å². The van der Waals surface area contributed by atoms with Gasteiger partial charge in [-0.2, -0.15) is 0 Å². The maximum Gasteiger partial charge on any atom is 0.243 e. The van der Waals surface area contributed by atoms with Gasteiger partial charge in [-0.15, -0.1) is 0 Å². The van der Waals surface area contributed by atoms with Crippen molar-refractivity contribution in [3.8, 4) is 5.75 Å². The van der Waals surface area contributed by atoms with Gasteiger partial charge in [0.1, 0.15) is 5.75 Å². The highest BCUT2D eigenvalue weighted by molar-refractivity contribution is 7.16. The lowest BCUT2D eigenvalue weighted by molar-refractivity contribution is -0.113. The number of benzene rings is 2. The number of allylic oxidation sites excluding steroid dienone is 1. The quantitative estimate of drug-likeness (QED) is 0.340. The largest absolute Gasteiger partial charge is 0.497 e. The number of fused-ring (bicyclic) bond motifs is 1. The summed E-state index contributed by atoms with van der Waals surface area (Å²) >= 11 is 6.93. The Balaban J connectivity index is 1.75. The third-order valence-corrected chi connectivity index (χ3v) is 5.14. The first kappa shape index (κ1) is 19.0. The molecule has 0 aliphatic rings. The van der Waals surface area contributed by atoms with Gasteiger partial charge >= 0.3 is 0 Å². The van der Waals surface area contributed by atoms with Crippen molar-refractivity contribution in [1.29, 1.82) is 0 Å². The lowest BCUT2D eigenvalue weighted by Gasteiger charge is -2.02. The molecule has 0 saturated carbocycles. The average molecular weight is 399 g/mol. The minimum absolute atomic E-state index is 0.0148. The molecule has 0 fully saturated rings. The molecule has 1 aromatic heterocycles. The predicted molar refractivity (Wildman–Crippen MR) is 109 cm³/mol. The molecule has 0 aliphatic heterocycles. The molecule has 0 N–H and O–H groups in total. The lowest BCUT2D eigenvalue weighted by atomic mass is 10.1. The highest BCUT2D eigenvalue weighted by atomic mass is 35.5. The zero-order valence-corrected chi connectivity index (χ0v) is 16.0. The van der Waals surface area contributed by atoms with Gasteiger partial charge in [0, 0.05) is 9.72 Å². The van der Waals surface area contributed by atoms with Crippen molar-refractivity contribution in [3.05, 3.63) is 80.3 Å². The molecule has 27 heavy (non-hydrogen) atoms. The third kappa shape index (κ3) is 4.70. The number of hydrogen-bond donors (Lipinski definition) is 0. The summed E-state index contributed by atoms with van der Waals surface area (Å²) in [6.45, 7) is 0. The van der Waals surface area contributed by atoms with Crippen molar-refractivity contribution in [2.75, 3.05) is 7.11 Å². The standard InChI is InChI=1S/C21H15ClO4S/c1-26-17-7-3-13(4-8-17)2-6-16(23)12-19(24)18-11-14-10-15(22)5-9-20(14)27-21(18)25/h2-11H,12H2,1H3/b6-2-. The second kappa shape index (κ2) is 8.29. The topological polar surface area (TPSA) is 60.4 Å². The molecule has 0 bridgehead atoms. The summed E-state index contributed by atoms with van der Waals surface area (Å²) < 4.78 is 5.46. The minimum Gasteiger partial charge on any atom is -0.497 e. The molecule has 136 valence electrons. The minimum atomic E-state index is -0.498. The Morgan fingerprint density at radius 3 is 2.56 bits per heavy atom. The van der Waals surface area contributed by atoms with E-state index < -0.39 is 5.78 Å². The number of ketones is 2. The van der Waals surface area contributed by atoms with Crippen LogP contribution in [0, 0.1) is 0 Å². The number of halogens is 1. The van der Waals surface area contributed by atoms with Crippen LogP contribution < -0.4 is 9.48 Å². The molecule has 0 amide bonds. The van der Waals surface area contributed by atoms with Crippen LogP contribution in [-0.2, 0) is 4.79 Å². The second-order valence-corrected chi connectivity index (χ2v) is 7.25. The Labute approximate surface area is 164 Å². The summed E-state index contributed by atoms with van der Waals surface area (Å²) in [5, 5.41) is 1.22. The molecule has 0 atom stereocenters. The summed E-state index contributed by atoms with van der Waals surface area (Å²) in [7, 11) is 1.58. The van der Waals surface area contributed by atoms with E-state index in [9.17, 15) is 14.4 Å². The van der Waals surface area contributed by atoms with Crippen LogP contribution in [-0.4, -0.2) is 18.7 Å². The highest BCUT2D eigenvalue weighted by Gasteiger charge is 2.15. The van der Waals surface area contributed by atoms with Gasteiger partial charge in [-0.3, -0.25) is 14.4 Å². The summed E-state index contributed by atoms with van der Waals surface area (Å²) in [4.78, 5) is 36.7. The van der Waals surface area contributed by atoms with Crippen molar-refractivity contribution >= 4 is 50.7 Å². The first-order valence-corrected chi connectivity index (χ1v) is 9.27. The SMILES string of the molecule is COc1ccc(/C=C\C(=O)CC(=O)c2cc3cc(Cl)ccc3sc2=O)cc1. The maximum absolute atomic E-state index is 12.4. The normalized spacial score (nSPS) is 11.0. The number of hydrogen-bond acceptors (Lipinski definition) is 5. The van der Waals surface area contributed by atoms with E-state index in [1.165, 1.54) is 12.1 Å². The Morgan fingerprint density at radius 2 is 1.85 bits per heavy atom. The Hall–Kier alpha value is -2.76. The van der Waals surface area contributed by atoms with E-state index in [0.717, 1.165) is 21.6 Å². The molecule has 3 aromatic rings. The number of ether oxygens (including phenoxy) is 1. The van der Waals surface area contributed by atoms with Crippen LogP contribution >= 0.6 is 22.9 Å². The lowest BCUT2D eigenvalue weighted by Crippen LogP contribution is -2.14. The summed E-state index contributed by atoms with van der Waals surface area (Å²) in [6, 6.07) is 13.8. The van der Waals surface area contributed by atoms with E-state index in [0.29, 0.717) is 16.2 Å². The van der Waals surface area contributed by atoms with Crippen molar-refractivity contribution in [3.63, 3.8) is 0 Å². The summed E-state index contributed by atoms with van der Waals surface area (Å²) in [6.07, 6.45) is 2.60. The van der Waals surface area contributed by atoms with Crippen LogP contribution in [0.15, 0.2) is 59.4 Å². The van der Waals surface area contributed by atoms with Gasteiger partial charge < -0.3 is 4.74 Å². The number of carbonyl (C=O) groups is 2. The monoisotopic (exact) mass is 398 g/mol. The van der Waals surface area contributed by atoms with E-state index >= 15 is 0 Å². The summed E-state index contributed by atoms with van der Waals surface area (Å²) in [5.41, 5.74) is 0.824. The fourth-order valence-electron chi connectivity index (χ4n) is 2.51. The fourth-order valence-corrected chi connectivity index (χ4v) is 3.54. The third-order valence-electron chi connectivity index (χ3n) is 3.91. The average Bonchev–Trinajstić information content (AvgIpc) is 2.66. The first-order chi connectivity index (χ1) is 13.0. The van der Waals surface area contributed by atoms with Crippen LogP contribution in [0.25, 0.3) is 16.2 Å². The molecular weight excluding hydrogens is 384 g/mol. The number of Topliss-reactive ketones (excluding diaryl/α,β-unsaturated/α-hetero) is 1. The smallest absolute Gasteiger partial charge is 0.243 e. The molecular formula is C21H15ClO4S. The van der Waals surface area contributed by atoms with Gasteiger partial charge in [-0.25, -0.2) is 0 Å². The molecule has 0 radical (unpaired) electrons. The number of rotatable bonds is 6. The zero-order valence-electron chi connectivity index (χ0n) is 14.4. The van der Waals surface area contributed by atoms with Crippen LogP contribution in [0.1, 0.15) is 22.3 Å². The van der Waals surface area contributed by atoms with Gasteiger partial charge in [0.15, 0.2) is 11.6 Å². The molecule has 4 nitrogen and oxygen atoms in total. The van der Waals surface area contributed by atoms with Gasteiger partial charge in [0.2, 0.25) is 4.74 Å².